The van der Waals surface area contributed by atoms with E-state index in [1.165, 1.54) is 0 Å². The van der Waals surface area contributed by atoms with Crippen molar-refractivity contribution < 1.29 is 14.6 Å². The summed E-state index contributed by atoms with van der Waals surface area (Å²) in [4.78, 5) is 11.9. The molecule has 1 aliphatic rings. The summed E-state index contributed by atoms with van der Waals surface area (Å²) in [6, 6.07) is 1.84. The zero-order valence-electron chi connectivity index (χ0n) is 11.5. The van der Waals surface area contributed by atoms with Gasteiger partial charge in [-0.2, -0.15) is 0 Å². The number of aryl methyl sites for hydroxylation is 1. The summed E-state index contributed by atoms with van der Waals surface area (Å²) in [5, 5.41) is 10.2. The second-order valence-corrected chi connectivity index (χ2v) is 5.71. The number of aliphatic carboxylic acids is 1. The van der Waals surface area contributed by atoms with Gasteiger partial charge in [-0.3, -0.25) is 4.79 Å². The molecule has 19 heavy (non-hydrogen) atoms. The van der Waals surface area contributed by atoms with Crippen molar-refractivity contribution in [2.24, 2.45) is 0 Å². The van der Waals surface area contributed by atoms with E-state index in [2.05, 4.69) is 0 Å². The van der Waals surface area contributed by atoms with Gasteiger partial charge in [0.1, 0.15) is 5.75 Å². The van der Waals surface area contributed by atoms with Gasteiger partial charge in [-0.15, -0.1) is 0 Å². The normalized spacial score (nSPS) is 17.5. The molecule has 0 aliphatic heterocycles. The summed E-state index contributed by atoms with van der Waals surface area (Å²) in [5.41, 5.74) is 1.91. The molecular weight excluding hydrogens is 264 g/mol. The molecule has 0 atom stereocenters. The molecule has 1 aromatic rings. The topological polar surface area (TPSA) is 46.5 Å². The average molecular weight is 283 g/mol. The summed E-state index contributed by atoms with van der Waals surface area (Å²) >= 11 is 6.23. The number of hydrogen-bond acceptors (Lipinski definition) is 2. The average Bonchev–Trinajstić information content (AvgIpc) is 2.83. The molecule has 0 spiro atoms. The van der Waals surface area contributed by atoms with Gasteiger partial charge in [0.15, 0.2) is 0 Å². The van der Waals surface area contributed by atoms with E-state index >= 15 is 0 Å². The Morgan fingerprint density at radius 3 is 2.42 bits per heavy atom. The van der Waals surface area contributed by atoms with Crippen molar-refractivity contribution in [3.8, 4) is 5.75 Å². The van der Waals surface area contributed by atoms with Crippen molar-refractivity contribution in [3.05, 3.63) is 27.8 Å². The van der Waals surface area contributed by atoms with Crippen LogP contribution in [-0.2, 0) is 10.2 Å². The maximum absolute atomic E-state index is 11.9. The molecule has 0 radical (unpaired) electrons. The first-order valence-corrected chi connectivity index (χ1v) is 6.89. The number of methoxy groups -OCH3 is 1. The molecule has 0 amide bonds. The van der Waals surface area contributed by atoms with Crippen LogP contribution < -0.4 is 4.74 Å². The zero-order valence-corrected chi connectivity index (χ0v) is 12.3. The van der Waals surface area contributed by atoms with Crippen LogP contribution in [0, 0.1) is 13.8 Å². The molecule has 0 unspecified atom stereocenters. The number of carbonyl (C=O) groups is 1. The van der Waals surface area contributed by atoms with Gasteiger partial charge in [-0.25, -0.2) is 0 Å². The molecule has 0 aromatic heterocycles. The molecule has 1 N–H and O–H groups in total. The third-order valence-corrected chi connectivity index (χ3v) is 4.58. The number of ether oxygens (including phenoxy) is 1. The van der Waals surface area contributed by atoms with Gasteiger partial charge >= 0.3 is 5.97 Å². The summed E-state index contributed by atoms with van der Waals surface area (Å²) in [6.45, 7) is 3.90. The first kappa shape index (κ1) is 14.2. The quantitative estimate of drug-likeness (QED) is 0.916. The molecule has 1 aliphatic carbocycles. The molecule has 104 valence electrons. The lowest BCUT2D eigenvalue weighted by molar-refractivity contribution is -0.143. The fourth-order valence-electron chi connectivity index (χ4n) is 3.18. The smallest absolute Gasteiger partial charge is 0.314 e. The maximum atomic E-state index is 11.9. The molecular formula is C15H19ClO3. The number of rotatable bonds is 3. The lowest BCUT2D eigenvalue weighted by Gasteiger charge is -2.29. The van der Waals surface area contributed by atoms with E-state index < -0.39 is 11.4 Å². The molecule has 1 aromatic carbocycles. The molecule has 2 rings (SSSR count). The number of carboxylic acids is 1. The highest BCUT2D eigenvalue weighted by Crippen LogP contribution is 2.49. The second-order valence-electron chi connectivity index (χ2n) is 5.30. The number of benzene rings is 1. The van der Waals surface area contributed by atoms with Crippen LogP contribution in [0.5, 0.6) is 5.75 Å². The van der Waals surface area contributed by atoms with E-state index in [1.54, 1.807) is 7.11 Å². The fourth-order valence-corrected chi connectivity index (χ4v) is 3.51. The van der Waals surface area contributed by atoms with Crippen molar-refractivity contribution in [3.63, 3.8) is 0 Å². The van der Waals surface area contributed by atoms with Crippen LogP contribution in [0.2, 0.25) is 5.02 Å². The van der Waals surface area contributed by atoms with Gasteiger partial charge in [-0.05, 0) is 43.9 Å². The third kappa shape index (κ3) is 2.10. The summed E-state index contributed by atoms with van der Waals surface area (Å²) < 4.78 is 5.40. The Bertz CT molecular complexity index is 517. The van der Waals surface area contributed by atoms with Gasteiger partial charge in [-0.1, -0.05) is 24.4 Å². The van der Waals surface area contributed by atoms with E-state index in [0.29, 0.717) is 23.6 Å². The largest absolute Gasteiger partial charge is 0.495 e. The molecule has 0 saturated heterocycles. The van der Waals surface area contributed by atoms with Crippen molar-refractivity contribution in [1.82, 2.24) is 0 Å². The first-order chi connectivity index (χ1) is 8.94. The van der Waals surface area contributed by atoms with E-state index in [0.717, 1.165) is 29.5 Å². The van der Waals surface area contributed by atoms with Crippen LogP contribution in [0.1, 0.15) is 42.4 Å². The highest BCUT2D eigenvalue weighted by Gasteiger charge is 2.46. The Morgan fingerprint density at radius 2 is 1.95 bits per heavy atom. The van der Waals surface area contributed by atoms with Crippen LogP contribution >= 0.6 is 11.6 Å². The Kier molecular flexibility index (Phi) is 3.77. The molecule has 1 saturated carbocycles. The zero-order chi connectivity index (χ0) is 14.2. The Hall–Kier alpha value is -1.22. The molecule has 1 fully saturated rings. The van der Waals surface area contributed by atoms with Crippen molar-refractivity contribution in [1.29, 1.82) is 0 Å². The third-order valence-electron chi connectivity index (χ3n) is 4.30. The molecule has 4 heteroatoms. The highest BCUT2D eigenvalue weighted by atomic mass is 35.5. The first-order valence-electron chi connectivity index (χ1n) is 6.51. The van der Waals surface area contributed by atoms with Crippen molar-refractivity contribution in [2.45, 2.75) is 44.9 Å². The van der Waals surface area contributed by atoms with Crippen molar-refractivity contribution in [2.75, 3.05) is 7.11 Å². The van der Waals surface area contributed by atoms with E-state index in [9.17, 15) is 9.90 Å². The minimum Gasteiger partial charge on any atom is -0.495 e. The van der Waals surface area contributed by atoms with Crippen LogP contribution in [0.25, 0.3) is 0 Å². The predicted molar refractivity (Wildman–Crippen MR) is 75.3 cm³/mol. The fraction of sp³-hybridized carbons (Fsp3) is 0.533. The SMILES string of the molecule is COc1c(Cl)cc(C)c(C)c1C1(C(=O)O)CCCC1. The second kappa shape index (κ2) is 5.04. The molecule has 0 bridgehead atoms. The van der Waals surface area contributed by atoms with E-state index in [-0.39, 0.29) is 0 Å². The molecule has 3 nitrogen and oxygen atoms in total. The van der Waals surface area contributed by atoms with Gasteiger partial charge in [0, 0.05) is 5.56 Å². The van der Waals surface area contributed by atoms with Crippen LogP contribution in [-0.4, -0.2) is 18.2 Å². The summed E-state index contributed by atoms with van der Waals surface area (Å²) in [7, 11) is 1.55. The minimum absolute atomic E-state index is 0.494. The maximum Gasteiger partial charge on any atom is 0.314 e. The van der Waals surface area contributed by atoms with Gasteiger partial charge in [0.25, 0.3) is 0 Å². The molecule has 0 heterocycles. The number of halogens is 1. The minimum atomic E-state index is -0.842. The van der Waals surface area contributed by atoms with Gasteiger partial charge in [0.2, 0.25) is 0 Å². The van der Waals surface area contributed by atoms with Crippen molar-refractivity contribution >= 4 is 17.6 Å². The Balaban J connectivity index is 2.76. The summed E-state index contributed by atoms with van der Waals surface area (Å²) in [5.74, 6) is -0.248. The monoisotopic (exact) mass is 282 g/mol. The Morgan fingerprint density at radius 1 is 1.37 bits per heavy atom. The van der Waals surface area contributed by atoms with Crippen LogP contribution in [0.15, 0.2) is 6.07 Å². The highest BCUT2D eigenvalue weighted by molar-refractivity contribution is 6.32. The van der Waals surface area contributed by atoms with Gasteiger partial charge < -0.3 is 9.84 Å². The van der Waals surface area contributed by atoms with E-state index in [4.69, 9.17) is 16.3 Å². The Labute approximate surface area is 118 Å². The van der Waals surface area contributed by atoms with Gasteiger partial charge in [0.05, 0.1) is 17.5 Å². The standard InChI is InChI=1S/C15H19ClO3/c1-9-8-11(16)13(19-3)12(10(9)2)15(14(17)18)6-4-5-7-15/h8H,4-7H2,1-3H3,(H,17,18). The van der Waals surface area contributed by atoms with Crippen LogP contribution in [0.3, 0.4) is 0 Å². The lowest BCUT2D eigenvalue weighted by atomic mass is 9.75. The predicted octanol–water partition coefficient (Wildman–Crippen LogP) is 3.86. The van der Waals surface area contributed by atoms with Crippen LogP contribution in [0.4, 0.5) is 0 Å². The summed E-state index contributed by atoms with van der Waals surface area (Å²) in [6.07, 6.45) is 3.17. The number of carboxylic acid groups (broad SMARTS) is 1. The van der Waals surface area contributed by atoms with E-state index in [1.807, 2.05) is 19.9 Å². The lowest BCUT2D eigenvalue weighted by Crippen LogP contribution is -2.34. The number of hydrogen-bond donors (Lipinski definition) is 1.